The van der Waals surface area contributed by atoms with E-state index in [4.69, 9.17) is 14.9 Å². The van der Waals surface area contributed by atoms with E-state index in [2.05, 4.69) is 25.3 Å². The Morgan fingerprint density at radius 2 is 1.80 bits per heavy atom. The van der Waals surface area contributed by atoms with E-state index in [1.54, 1.807) is 20.8 Å². The van der Waals surface area contributed by atoms with Crippen molar-refractivity contribution in [2.75, 3.05) is 13.7 Å². The number of carbonyl (C=O) groups is 1. The van der Waals surface area contributed by atoms with Crippen LogP contribution >= 0.6 is 42.3 Å². The van der Waals surface area contributed by atoms with Gasteiger partial charge in [-0.3, -0.25) is 14.2 Å². The number of fused-ring (bicyclic) bond motifs is 1. The lowest BCUT2D eigenvalue weighted by atomic mass is 10.0. The molecule has 4 rings (SSSR count). The van der Waals surface area contributed by atoms with Gasteiger partial charge >= 0.3 is 5.69 Å². The lowest BCUT2D eigenvalue weighted by Gasteiger charge is -2.27. The fourth-order valence-electron chi connectivity index (χ4n) is 4.25. The van der Waals surface area contributed by atoms with Gasteiger partial charge in [-0.2, -0.15) is 10.2 Å². The molecule has 0 saturated heterocycles. The normalized spacial score (nSPS) is 11.8. The molecule has 16 heteroatoms. The number of aliphatic hydroxyl groups is 2. The average molecular weight is 765 g/mol. The molecule has 1 unspecified atom stereocenters. The summed E-state index contributed by atoms with van der Waals surface area (Å²) in [5.74, 6) is -0.399. The van der Waals surface area contributed by atoms with E-state index in [1.165, 1.54) is 79.2 Å². The van der Waals surface area contributed by atoms with Gasteiger partial charge in [0.15, 0.2) is 0 Å². The Bertz CT molecular complexity index is 1670. The molecule has 3 N–H and O–H groups in total. The number of carbonyl (C=O) groups excluding carboxylic acids is 1. The zero-order chi connectivity index (χ0) is 33.4. The molecular formula is C28H38FIN6O6S2. The van der Waals surface area contributed by atoms with Gasteiger partial charge in [-0.1, -0.05) is 11.3 Å². The highest BCUT2D eigenvalue weighted by Gasteiger charge is 2.35. The maximum Gasteiger partial charge on any atom is 0.333 e. The standard InChI is InChI=1S/C25H29FN6O4S.C3H8O2.HIS/c1-14(2)29-23(34)25(4,5)31-20(33)19-15(3)21(32-27-10-11-28-32)37-22(19)30(24(31)35)12-9-16-13-17(26)7-8-18(16)36-6;1-3(5)2-4;1-2/h7-8,10-11,13-14H,9,12H2,1-6H3,(H,29,34);3-5H,2H2,1H3;2H. The number of thiophene rings is 1. The number of amides is 1. The van der Waals surface area contributed by atoms with E-state index >= 15 is 0 Å². The van der Waals surface area contributed by atoms with Gasteiger partial charge in [0, 0.05) is 18.2 Å². The van der Waals surface area contributed by atoms with Crippen LogP contribution in [-0.4, -0.2) is 66.1 Å². The first-order valence-corrected chi connectivity index (χ1v) is 17.5. The fraction of sp³-hybridized carbons (Fsp3) is 0.464. The topological polar surface area (TPSA) is 154 Å². The molecule has 0 aliphatic carbocycles. The summed E-state index contributed by atoms with van der Waals surface area (Å²) in [6.45, 7) is 9.94. The van der Waals surface area contributed by atoms with Gasteiger partial charge in [0.1, 0.15) is 26.9 Å². The molecule has 1 atom stereocenters. The third-order valence-corrected chi connectivity index (χ3v) is 7.71. The quantitative estimate of drug-likeness (QED) is 0.150. The van der Waals surface area contributed by atoms with Crippen LogP contribution in [0.25, 0.3) is 15.2 Å². The van der Waals surface area contributed by atoms with Crippen molar-refractivity contribution in [3.8, 4) is 10.8 Å². The minimum Gasteiger partial charge on any atom is -0.496 e. The molecule has 0 aliphatic heterocycles. The Morgan fingerprint density at radius 1 is 1.20 bits per heavy atom. The average Bonchev–Trinajstić information content (AvgIpc) is 3.62. The minimum atomic E-state index is -1.48. The lowest BCUT2D eigenvalue weighted by Crippen LogP contribution is -2.56. The first kappa shape index (κ1) is 37.4. The van der Waals surface area contributed by atoms with Gasteiger partial charge in [-0.05, 0) is 92.9 Å². The lowest BCUT2D eigenvalue weighted by molar-refractivity contribution is -0.129. The summed E-state index contributed by atoms with van der Waals surface area (Å²) >= 11 is 3.05. The highest BCUT2D eigenvalue weighted by atomic mass is 127. The number of hydrogen-bond acceptors (Lipinski definition) is 10. The highest BCUT2D eigenvalue weighted by Crippen LogP contribution is 2.31. The molecule has 12 nitrogen and oxygen atoms in total. The number of aryl methyl sites for hydroxylation is 3. The van der Waals surface area contributed by atoms with Gasteiger partial charge in [-0.15, -0.1) is 14.6 Å². The molecule has 44 heavy (non-hydrogen) atoms. The number of nitrogens with zero attached hydrogens (tertiary/aromatic N) is 5. The molecule has 3 aromatic heterocycles. The molecule has 3 heterocycles. The van der Waals surface area contributed by atoms with Crippen molar-refractivity contribution in [2.45, 2.75) is 72.2 Å². The number of thiol groups is 1. The second-order valence-corrected chi connectivity index (χ2v) is 11.5. The molecule has 0 saturated carbocycles. The molecule has 0 spiro atoms. The molecular weight excluding hydrogens is 726 g/mol. The van der Waals surface area contributed by atoms with Crippen LogP contribution in [0.1, 0.15) is 45.7 Å². The van der Waals surface area contributed by atoms with Crippen LogP contribution in [0.3, 0.4) is 0 Å². The third-order valence-electron chi connectivity index (χ3n) is 6.43. The predicted octanol–water partition coefficient (Wildman–Crippen LogP) is 3.39. The van der Waals surface area contributed by atoms with Crippen LogP contribution in [0.15, 0.2) is 40.2 Å². The van der Waals surface area contributed by atoms with Crippen molar-refractivity contribution in [1.82, 2.24) is 29.4 Å². The zero-order valence-electron chi connectivity index (χ0n) is 25.5. The molecule has 0 aliphatic rings. The van der Waals surface area contributed by atoms with E-state index in [-0.39, 0.29) is 25.6 Å². The van der Waals surface area contributed by atoms with Gasteiger partial charge in [0.05, 0.1) is 37.6 Å². The number of benzene rings is 1. The Kier molecular flexibility index (Phi) is 14.0. The van der Waals surface area contributed by atoms with Gasteiger partial charge in [0.25, 0.3) is 5.56 Å². The molecule has 4 aromatic rings. The van der Waals surface area contributed by atoms with E-state index in [0.29, 0.717) is 32.1 Å². The van der Waals surface area contributed by atoms with Crippen molar-refractivity contribution in [1.29, 1.82) is 0 Å². The summed E-state index contributed by atoms with van der Waals surface area (Å²) in [7, 11) is 4.99. The highest BCUT2D eigenvalue weighted by molar-refractivity contribution is 14.2. The SMILES string of the molecule is CC(O)CO.COc1ccc(F)cc1CCn1c(=O)n(C(C)(C)C(=O)NC(C)C)c(=O)c2c(C)c(-n3nccn3)sc21.SI. The molecule has 1 amide bonds. The Morgan fingerprint density at radius 3 is 2.32 bits per heavy atom. The summed E-state index contributed by atoms with van der Waals surface area (Å²) in [6.07, 6.45) is 2.73. The van der Waals surface area contributed by atoms with Crippen LogP contribution < -0.4 is 21.3 Å². The Hall–Kier alpha value is -2.80. The molecule has 242 valence electrons. The van der Waals surface area contributed by atoms with E-state index in [1.807, 2.05) is 21.2 Å². The van der Waals surface area contributed by atoms with Gasteiger partial charge < -0.3 is 20.3 Å². The van der Waals surface area contributed by atoms with Gasteiger partial charge in [-0.25, -0.2) is 13.8 Å². The monoisotopic (exact) mass is 764 g/mol. The third kappa shape index (κ3) is 8.47. The van der Waals surface area contributed by atoms with Crippen LogP contribution in [0, 0.1) is 12.7 Å². The van der Waals surface area contributed by atoms with E-state index in [0.717, 1.165) is 4.57 Å². The number of ether oxygens (including phenoxy) is 1. The fourth-order valence-corrected chi connectivity index (χ4v) is 5.49. The first-order chi connectivity index (χ1) is 20.7. The predicted molar refractivity (Wildman–Crippen MR) is 181 cm³/mol. The maximum atomic E-state index is 14.0. The smallest absolute Gasteiger partial charge is 0.333 e. The Balaban J connectivity index is 0.000000876. The number of aromatic nitrogens is 5. The van der Waals surface area contributed by atoms with Crippen molar-refractivity contribution in [3.63, 3.8) is 0 Å². The van der Waals surface area contributed by atoms with Gasteiger partial charge in [0.2, 0.25) is 5.91 Å². The van der Waals surface area contributed by atoms with Crippen LogP contribution in [0.4, 0.5) is 4.39 Å². The molecule has 0 bridgehead atoms. The summed E-state index contributed by atoms with van der Waals surface area (Å²) in [4.78, 5) is 42.6. The number of nitrogens with one attached hydrogen (secondary N) is 1. The number of aliphatic hydroxyl groups excluding tert-OH is 2. The largest absolute Gasteiger partial charge is 0.496 e. The zero-order valence-corrected chi connectivity index (χ0v) is 29.4. The second kappa shape index (κ2) is 16.5. The number of methoxy groups -OCH3 is 1. The van der Waals surface area contributed by atoms with E-state index in [9.17, 15) is 18.8 Å². The maximum absolute atomic E-state index is 14.0. The summed E-state index contributed by atoms with van der Waals surface area (Å²) in [5, 5.41) is 28.0. The van der Waals surface area contributed by atoms with Crippen LogP contribution in [0.2, 0.25) is 0 Å². The number of rotatable bonds is 9. The van der Waals surface area contributed by atoms with Crippen molar-refractivity contribution in [3.05, 3.63) is 68.4 Å². The van der Waals surface area contributed by atoms with Crippen LogP contribution in [0.5, 0.6) is 5.75 Å². The first-order valence-electron chi connectivity index (χ1n) is 13.5. The van der Waals surface area contributed by atoms with Crippen molar-refractivity contribution in [2.24, 2.45) is 0 Å². The summed E-state index contributed by atoms with van der Waals surface area (Å²) in [5.41, 5.74) is -1.54. The molecule has 0 fully saturated rings. The van der Waals surface area contributed by atoms with Crippen molar-refractivity contribution >= 4 is 58.5 Å². The number of halogens is 2. The summed E-state index contributed by atoms with van der Waals surface area (Å²) in [6, 6.07) is 4.00. The summed E-state index contributed by atoms with van der Waals surface area (Å²) < 4.78 is 21.8. The second-order valence-electron chi connectivity index (χ2n) is 10.5. The van der Waals surface area contributed by atoms with Crippen molar-refractivity contribution < 1.29 is 24.1 Å². The minimum absolute atomic E-state index is 0.114. The molecule has 0 radical (unpaired) electrons. The molecule has 1 aromatic carbocycles. The van der Waals surface area contributed by atoms with Crippen LogP contribution in [-0.2, 0) is 23.3 Å². The van der Waals surface area contributed by atoms with E-state index < -0.39 is 34.6 Å². The number of hydrogen-bond donors (Lipinski definition) is 4. The Labute approximate surface area is 275 Å².